The fourth-order valence-corrected chi connectivity index (χ4v) is 2.19. The van der Waals surface area contributed by atoms with Gasteiger partial charge in [0.25, 0.3) is 5.91 Å². The highest BCUT2D eigenvalue weighted by atomic mass is 79.9. The van der Waals surface area contributed by atoms with Gasteiger partial charge in [0.15, 0.2) is 0 Å². The van der Waals surface area contributed by atoms with Crippen molar-refractivity contribution in [2.75, 3.05) is 17.7 Å². The Bertz CT molecular complexity index is 664. The lowest BCUT2D eigenvalue weighted by Crippen LogP contribution is -2.15. The summed E-state index contributed by atoms with van der Waals surface area (Å²) in [6, 6.07) is 8.39. The summed E-state index contributed by atoms with van der Waals surface area (Å²) in [5.74, 6) is 0.179. The van der Waals surface area contributed by atoms with E-state index in [1.165, 1.54) is 0 Å². The molecule has 2 aromatic rings. The molecule has 1 aromatic carbocycles. The third-order valence-electron chi connectivity index (χ3n) is 2.49. The van der Waals surface area contributed by atoms with Gasteiger partial charge >= 0.3 is 0 Å². The highest BCUT2D eigenvalue weighted by molar-refractivity contribution is 9.10. The molecule has 0 aliphatic carbocycles. The first-order valence-corrected chi connectivity index (χ1v) is 7.17. The number of carbonyl (C=O) groups is 1. The highest BCUT2D eigenvalue weighted by Gasteiger charge is 2.13. The summed E-state index contributed by atoms with van der Waals surface area (Å²) >= 11 is 15.2. The number of carbonyl (C=O) groups excluding carboxylic acids is 1. The summed E-state index contributed by atoms with van der Waals surface area (Å²) in [4.78, 5) is 16.3. The van der Waals surface area contributed by atoms with Crippen molar-refractivity contribution in [2.24, 2.45) is 0 Å². The second kappa shape index (κ2) is 6.43. The monoisotopic (exact) mass is 373 g/mol. The van der Waals surface area contributed by atoms with E-state index < -0.39 is 0 Å². The van der Waals surface area contributed by atoms with Gasteiger partial charge in [0.2, 0.25) is 0 Å². The van der Waals surface area contributed by atoms with Crippen LogP contribution in [0.5, 0.6) is 0 Å². The molecule has 4 nitrogen and oxygen atoms in total. The van der Waals surface area contributed by atoms with Gasteiger partial charge in [-0.1, -0.05) is 23.2 Å². The molecule has 0 aliphatic rings. The van der Waals surface area contributed by atoms with E-state index in [2.05, 4.69) is 31.5 Å². The van der Waals surface area contributed by atoms with Crippen molar-refractivity contribution >= 4 is 56.5 Å². The Balaban J connectivity index is 2.25. The van der Waals surface area contributed by atoms with Gasteiger partial charge in [-0.15, -0.1) is 0 Å². The van der Waals surface area contributed by atoms with Crippen LogP contribution in [0.4, 0.5) is 11.5 Å². The Labute approximate surface area is 134 Å². The maximum Gasteiger partial charge on any atom is 0.275 e. The summed E-state index contributed by atoms with van der Waals surface area (Å²) in [6.45, 7) is 0. The summed E-state index contributed by atoms with van der Waals surface area (Å²) in [7, 11) is 1.72. The lowest BCUT2D eigenvalue weighted by Gasteiger charge is -2.08. The first-order chi connectivity index (χ1) is 9.51. The fourth-order valence-electron chi connectivity index (χ4n) is 1.50. The standard InChI is InChI=1S/C13H10BrCl2N3O/c1-17-11-5-4-10(16)12(19-11)13(20)18-7-2-3-9(15)8(14)6-7/h2-6H,1H3,(H,17,19)(H,18,20). The van der Waals surface area contributed by atoms with E-state index in [9.17, 15) is 4.79 Å². The van der Waals surface area contributed by atoms with Gasteiger partial charge in [0.1, 0.15) is 11.5 Å². The van der Waals surface area contributed by atoms with Gasteiger partial charge in [-0.25, -0.2) is 4.98 Å². The molecule has 1 heterocycles. The normalized spacial score (nSPS) is 10.2. The topological polar surface area (TPSA) is 54.0 Å². The first-order valence-electron chi connectivity index (χ1n) is 5.62. The van der Waals surface area contributed by atoms with Crippen LogP contribution in [0.1, 0.15) is 10.5 Å². The lowest BCUT2D eigenvalue weighted by molar-refractivity contribution is 0.102. The largest absolute Gasteiger partial charge is 0.373 e. The molecule has 0 unspecified atom stereocenters. The van der Waals surface area contributed by atoms with Crippen LogP contribution >= 0.6 is 39.1 Å². The third-order valence-corrected chi connectivity index (χ3v) is 4.01. The number of nitrogens with zero attached hydrogens (tertiary/aromatic N) is 1. The maximum atomic E-state index is 12.2. The number of nitrogens with one attached hydrogen (secondary N) is 2. The Morgan fingerprint density at radius 1 is 1.20 bits per heavy atom. The number of aromatic nitrogens is 1. The number of anilines is 2. The van der Waals surface area contributed by atoms with Crippen LogP contribution in [0.3, 0.4) is 0 Å². The van der Waals surface area contributed by atoms with Gasteiger partial charge in [0, 0.05) is 17.2 Å². The number of hydrogen-bond donors (Lipinski definition) is 2. The molecule has 1 amide bonds. The Hall–Kier alpha value is -1.30. The van der Waals surface area contributed by atoms with Crippen molar-refractivity contribution in [1.29, 1.82) is 0 Å². The van der Waals surface area contributed by atoms with Crippen molar-refractivity contribution in [3.63, 3.8) is 0 Å². The molecule has 2 N–H and O–H groups in total. The number of amides is 1. The average Bonchev–Trinajstić information content (AvgIpc) is 2.43. The van der Waals surface area contributed by atoms with E-state index >= 15 is 0 Å². The van der Waals surface area contributed by atoms with Crippen LogP contribution in [0, 0.1) is 0 Å². The summed E-state index contributed by atoms with van der Waals surface area (Å²) in [5, 5.41) is 6.42. The summed E-state index contributed by atoms with van der Waals surface area (Å²) in [5.41, 5.74) is 0.753. The summed E-state index contributed by atoms with van der Waals surface area (Å²) < 4.78 is 0.694. The molecule has 2 rings (SSSR count). The van der Waals surface area contributed by atoms with Crippen LogP contribution in [0.2, 0.25) is 10.0 Å². The quantitative estimate of drug-likeness (QED) is 0.834. The van der Waals surface area contributed by atoms with Gasteiger partial charge < -0.3 is 10.6 Å². The van der Waals surface area contributed by atoms with Crippen LogP contribution in [0.15, 0.2) is 34.8 Å². The number of benzene rings is 1. The van der Waals surface area contributed by atoms with Crippen molar-refractivity contribution in [1.82, 2.24) is 4.98 Å². The summed E-state index contributed by atoms with van der Waals surface area (Å²) in [6.07, 6.45) is 0. The second-order valence-corrected chi connectivity index (χ2v) is 5.53. The zero-order valence-corrected chi connectivity index (χ0v) is 13.5. The van der Waals surface area contributed by atoms with Crippen molar-refractivity contribution in [3.05, 3.63) is 50.5 Å². The second-order valence-electron chi connectivity index (χ2n) is 3.86. The third kappa shape index (κ3) is 3.42. The van der Waals surface area contributed by atoms with Gasteiger partial charge in [0.05, 0.1) is 10.0 Å². The maximum absolute atomic E-state index is 12.2. The molecule has 0 bridgehead atoms. The molecule has 0 saturated heterocycles. The molecule has 20 heavy (non-hydrogen) atoms. The minimum Gasteiger partial charge on any atom is -0.373 e. The molecule has 0 spiro atoms. The SMILES string of the molecule is CNc1ccc(Cl)c(C(=O)Nc2ccc(Cl)c(Br)c2)n1. The van der Waals surface area contributed by atoms with Crippen molar-refractivity contribution in [3.8, 4) is 0 Å². The van der Waals surface area contributed by atoms with Crippen LogP contribution in [-0.4, -0.2) is 17.9 Å². The molecule has 0 saturated carbocycles. The van der Waals surface area contributed by atoms with E-state index in [4.69, 9.17) is 23.2 Å². The predicted molar refractivity (Wildman–Crippen MR) is 85.9 cm³/mol. The molecule has 0 radical (unpaired) electrons. The number of halogens is 3. The van der Waals surface area contributed by atoms with Crippen molar-refractivity contribution < 1.29 is 4.79 Å². The van der Waals surface area contributed by atoms with Crippen LogP contribution in [0.25, 0.3) is 0 Å². The molecule has 0 atom stereocenters. The van der Waals surface area contributed by atoms with E-state index in [-0.39, 0.29) is 16.6 Å². The molecule has 0 aliphatic heterocycles. The first kappa shape index (κ1) is 15.1. The molecule has 0 fully saturated rings. The molecule has 104 valence electrons. The smallest absolute Gasteiger partial charge is 0.275 e. The predicted octanol–water partition coefficient (Wildman–Crippen LogP) is 4.44. The minimum atomic E-state index is -0.388. The zero-order chi connectivity index (χ0) is 14.7. The van der Waals surface area contributed by atoms with E-state index in [0.29, 0.717) is 21.0 Å². The number of rotatable bonds is 3. The van der Waals surface area contributed by atoms with E-state index in [1.54, 1.807) is 37.4 Å². The zero-order valence-electron chi connectivity index (χ0n) is 10.4. The molecular formula is C13H10BrCl2N3O. The van der Waals surface area contributed by atoms with Gasteiger partial charge in [-0.3, -0.25) is 4.79 Å². The van der Waals surface area contributed by atoms with Gasteiger partial charge in [-0.05, 0) is 46.3 Å². The van der Waals surface area contributed by atoms with Crippen LogP contribution < -0.4 is 10.6 Å². The Kier molecular flexibility index (Phi) is 4.86. The molecule has 1 aromatic heterocycles. The van der Waals surface area contributed by atoms with Crippen LogP contribution in [-0.2, 0) is 0 Å². The molecule has 7 heteroatoms. The average molecular weight is 375 g/mol. The number of hydrogen-bond acceptors (Lipinski definition) is 3. The fraction of sp³-hybridized carbons (Fsp3) is 0.0769. The van der Waals surface area contributed by atoms with E-state index in [1.807, 2.05) is 0 Å². The van der Waals surface area contributed by atoms with Gasteiger partial charge in [-0.2, -0.15) is 0 Å². The van der Waals surface area contributed by atoms with Crippen molar-refractivity contribution in [2.45, 2.75) is 0 Å². The minimum absolute atomic E-state index is 0.157. The Morgan fingerprint density at radius 2 is 1.90 bits per heavy atom. The van der Waals surface area contributed by atoms with E-state index in [0.717, 1.165) is 0 Å². The highest BCUT2D eigenvalue weighted by Crippen LogP contribution is 2.26. The number of pyridine rings is 1. The Morgan fingerprint density at radius 3 is 2.55 bits per heavy atom. The lowest BCUT2D eigenvalue weighted by atomic mass is 10.3. The molecular weight excluding hydrogens is 365 g/mol.